The van der Waals surface area contributed by atoms with Crippen molar-refractivity contribution >= 4 is 23.3 Å². The van der Waals surface area contributed by atoms with Crippen LogP contribution in [-0.4, -0.2) is 17.7 Å². The minimum atomic E-state index is 0.691. The van der Waals surface area contributed by atoms with E-state index in [9.17, 15) is 0 Å². The molecule has 1 heteroatoms. The SMILES string of the molecule is [Li][C]1=C(C)c2ccccc2C1CCC. The quantitative estimate of drug-likeness (QED) is 0.608. The van der Waals surface area contributed by atoms with Crippen LogP contribution < -0.4 is 0 Å². The second-order valence-corrected chi connectivity index (χ2v) is 4.24. The average Bonchev–Trinajstić information content (AvgIpc) is 2.45. The van der Waals surface area contributed by atoms with Gasteiger partial charge in [0.1, 0.15) is 0 Å². The molecule has 68 valence electrons. The molecule has 0 fully saturated rings. The normalized spacial score (nSPS) is 20.1. The molecule has 1 atom stereocenters. The molecular formula is C13H15Li. The molecule has 0 saturated heterocycles. The summed E-state index contributed by atoms with van der Waals surface area (Å²) in [6.07, 6.45) is 2.56. The van der Waals surface area contributed by atoms with E-state index in [2.05, 4.69) is 55.8 Å². The molecule has 0 saturated carbocycles. The number of allylic oxidation sites excluding steroid dienone is 2. The molecule has 0 aliphatic heterocycles. The molecule has 1 aromatic rings. The first-order valence-corrected chi connectivity index (χ1v) is 5.52. The summed E-state index contributed by atoms with van der Waals surface area (Å²) in [4.78, 5) is 0. The summed E-state index contributed by atoms with van der Waals surface area (Å²) in [6, 6.07) is 8.84. The fourth-order valence-electron chi connectivity index (χ4n) is 2.51. The predicted octanol–water partition coefficient (Wildman–Crippen LogP) is 3.48. The zero-order valence-electron chi connectivity index (χ0n) is 9.30. The molecule has 1 aliphatic rings. The van der Waals surface area contributed by atoms with Gasteiger partial charge in [-0.2, -0.15) is 0 Å². The first-order valence-electron chi connectivity index (χ1n) is 5.52. The molecule has 0 bridgehead atoms. The third-order valence-corrected chi connectivity index (χ3v) is 3.43. The van der Waals surface area contributed by atoms with Gasteiger partial charge in [-0.25, -0.2) is 0 Å². The van der Waals surface area contributed by atoms with Crippen LogP contribution in [0.5, 0.6) is 0 Å². The van der Waals surface area contributed by atoms with Crippen molar-refractivity contribution in [1.29, 1.82) is 0 Å². The molecule has 0 amide bonds. The van der Waals surface area contributed by atoms with Crippen LogP contribution in [0.4, 0.5) is 0 Å². The van der Waals surface area contributed by atoms with Gasteiger partial charge >= 0.3 is 95.5 Å². The van der Waals surface area contributed by atoms with Gasteiger partial charge in [0.2, 0.25) is 0 Å². The fourth-order valence-corrected chi connectivity index (χ4v) is 2.51. The van der Waals surface area contributed by atoms with E-state index in [1.807, 2.05) is 0 Å². The minimum absolute atomic E-state index is 0.691. The van der Waals surface area contributed by atoms with Crippen molar-refractivity contribution in [2.75, 3.05) is 0 Å². The third kappa shape index (κ3) is 1.47. The number of fused-ring (bicyclic) bond motifs is 1. The van der Waals surface area contributed by atoms with Gasteiger partial charge < -0.3 is 0 Å². The van der Waals surface area contributed by atoms with Crippen LogP contribution in [0.3, 0.4) is 0 Å². The molecule has 2 rings (SSSR count). The van der Waals surface area contributed by atoms with Crippen molar-refractivity contribution < 1.29 is 0 Å². The second-order valence-electron chi connectivity index (χ2n) is 4.24. The zero-order chi connectivity index (χ0) is 10.1. The van der Waals surface area contributed by atoms with Crippen molar-refractivity contribution in [1.82, 2.24) is 0 Å². The van der Waals surface area contributed by atoms with Gasteiger partial charge in [-0.3, -0.25) is 0 Å². The monoisotopic (exact) mass is 178 g/mol. The Balaban J connectivity index is 2.47. The van der Waals surface area contributed by atoms with Gasteiger partial charge in [0.05, 0.1) is 0 Å². The average molecular weight is 178 g/mol. The van der Waals surface area contributed by atoms with Crippen LogP contribution in [0.2, 0.25) is 0 Å². The standard InChI is InChI=1S/C13H15.Li/c1-3-6-11-9-10(2)12-7-4-5-8-13(11)12;/h4-5,7-8,11H,3,6H2,1-2H3;. The molecule has 14 heavy (non-hydrogen) atoms. The number of rotatable bonds is 2. The summed E-state index contributed by atoms with van der Waals surface area (Å²) in [5.41, 5.74) is 4.52. The Hall–Kier alpha value is -0.443. The van der Waals surface area contributed by atoms with E-state index in [1.54, 1.807) is 9.81 Å². The summed E-state index contributed by atoms with van der Waals surface area (Å²) in [5, 5.41) is 0. The molecule has 1 unspecified atom stereocenters. The third-order valence-electron chi connectivity index (χ3n) is 3.43. The summed E-state index contributed by atoms with van der Waals surface area (Å²) in [5.74, 6) is 0.691. The maximum atomic E-state index is 2.29. The van der Waals surface area contributed by atoms with Gasteiger partial charge in [0, 0.05) is 0 Å². The molecule has 0 radical (unpaired) electrons. The van der Waals surface area contributed by atoms with E-state index in [1.165, 1.54) is 24.0 Å². The van der Waals surface area contributed by atoms with E-state index >= 15 is 0 Å². The van der Waals surface area contributed by atoms with Crippen LogP contribution in [0.25, 0.3) is 5.57 Å². The molecule has 0 N–H and O–H groups in total. The van der Waals surface area contributed by atoms with Gasteiger partial charge in [0.25, 0.3) is 0 Å². The van der Waals surface area contributed by atoms with E-state index in [0.29, 0.717) is 5.92 Å². The van der Waals surface area contributed by atoms with Crippen LogP contribution in [-0.2, 0) is 0 Å². The summed E-state index contributed by atoms with van der Waals surface area (Å²) in [7, 11) is 0. The second kappa shape index (κ2) is 3.97. The number of benzene rings is 1. The van der Waals surface area contributed by atoms with Gasteiger partial charge in [-0.1, -0.05) is 0 Å². The molecule has 0 aromatic heterocycles. The summed E-state index contributed by atoms with van der Waals surface area (Å²) >= 11 is 2.29. The fraction of sp³-hybridized carbons (Fsp3) is 0.385. The van der Waals surface area contributed by atoms with Crippen LogP contribution in [0.1, 0.15) is 43.7 Å². The Morgan fingerprint density at radius 1 is 1.29 bits per heavy atom. The van der Waals surface area contributed by atoms with Crippen LogP contribution >= 0.6 is 0 Å². The van der Waals surface area contributed by atoms with Crippen LogP contribution in [0, 0.1) is 0 Å². The van der Waals surface area contributed by atoms with Crippen molar-refractivity contribution in [3.8, 4) is 0 Å². The molecule has 0 spiro atoms. The molecule has 0 nitrogen and oxygen atoms in total. The van der Waals surface area contributed by atoms with E-state index in [4.69, 9.17) is 0 Å². The molecule has 1 aliphatic carbocycles. The Morgan fingerprint density at radius 3 is 2.71 bits per heavy atom. The Bertz CT molecular complexity index is 377. The summed E-state index contributed by atoms with van der Waals surface area (Å²) in [6.45, 7) is 4.52. The first-order chi connectivity index (χ1) is 6.75. The first kappa shape index (κ1) is 10.1. The predicted molar refractivity (Wildman–Crippen MR) is 62.4 cm³/mol. The van der Waals surface area contributed by atoms with Gasteiger partial charge in [0.15, 0.2) is 0 Å². The van der Waals surface area contributed by atoms with Gasteiger partial charge in [-0.05, 0) is 0 Å². The number of hydrogen-bond acceptors (Lipinski definition) is 0. The Kier molecular flexibility index (Phi) is 2.86. The van der Waals surface area contributed by atoms with Crippen molar-refractivity contribution in [2.24, 2.45) is 0 Å². The van der Waals surface area contributed by atoms with Crippen molar-refractivity contribution in [2.45, 2.75) is 32.6 Å². The molecule has 0 heterocycles. The van der Waals surface area contributed by atoms with Gasteiger partial charge in [-0.15, -0.1) is 0 Å². The maximum absolute atomic E-state index is 2.29. The Morgan fingerprint density at radius 2 is 2.00 bits per heavy atom. The zero-order valence-corrected chi connectivity index (χ0v) is 9.30. The van der Waals surface area contributed by atoms with Crippen molar-refractivity contribution in [3.63, 3.8) is 0 Å². The Labute approximate surface area is 95.6 Å². The van der Waals surface area contributed by atoms with E-state index in [0.717, 1.165) is 0 Å². The van der Waals surface area contributed by atoms with Crippen molar-refractivity contribution in [3.05, 3.63) is 39.6 Å². The molecular weight excluding hydrogens is 163 g/mol. The topological polar surface area (TPSA) is 0 Å². The molecule has 1 aromatic carbocycles. The number of hydrogen-bond donors (Lipinski definition) is 0. The summed E-state index contributed by atoms with van der Waals surface area (Å²) < 4.78 is 1.58. The van der Waals surface area contributed by atoms with E-state index in [-0.39, 0.29) is 0 Å². The van der Waals surface area contributed by atoms with Crippen LogP contribution in [0.15, 0.2) is 28.5 Å². The van der Waals surface area contributed by atoms with E-state index < -0.39 is 0 Å².